The lowest BCUT2D eigenvalue weighted by Gasteiger charge is -2.11. The normalized spacial score (nSPS) is 13.8. The van der Waals surface area contributed by atoms with E-state index in [1.54, 1.807) is 0 Å². The highest BCUT2D eigenvalue weighted by atomic mass is 35.5. The molecule has 108 valence electrons. The molecule has 2 aromatic carbocycles. The zero-order valence-corrected chi connectivity index (χ0v) is 12.0. The number of benzene rings is 2. The van der Waals surface area contributed by atoms with E-state index >= 15 is 0 Å². The average Bonchev–Trinajstić information content (AvgIpc) is 3.00. The Bertz CT molecular complexity index is 645. The summed E-state index contributed by atoms with van der Waals surface area (Å²) < 4.78 is 10.5. The van der Waals surface area contributed by atoms with Crippen LogP contribution in [0, 0.1) is 0 Å². The Morgan fingerprint density at radius 3 is 2.71 bits per heavy atom. The van der Waals surface area contributed by atoms with Gasteiger partial charge in [0.1, 0.15) is 5.38 Å². The van der Waals surface area contributed by atoms with Crippen molar-refractivity contribution in [1.29, 1.82) is 0 Å². The van der Waals surface area contributed by atoms with Gasteiger partial charge in [0.25, 0.3) is 0 Å². The second-order valence-electron chi connectivity index (χ2n) is 4.68. The molecule has 5 heteroatoms. The lowest BCUT2D eigenvalue weighted by Crippen LogP contribution is -2.26. The third-order valence-electron chi connectivity index (χ3n) is 3.23. The summed E-state index contributed by atoms with van der Waals surface area (Å²) in [5.41, 5.74) is 1.71. The van der Waals surface area contributed by atoms with E-state index in [4.69, 9.17) is 21.1 Å². The van der Waals surface area contributed by atoms with E-state index in [0.717, 1.165) is 16.9 Å². The van der Waals surface area contributed by atoms with Crippen LogP contribution in [0.25, 0.3) is 0 Å². The van der Waals surface area contributed by atoms with Crippen LogP contribution >= 0.6 is 11.6 Å². The largest absolute Gasteiger partial charge is 0.454 e. The maximum atomic E-state index is 12.1. The van der Waals surface area contributed by atoms with Gasteiger partial charge in [-0.15, -0.1) is 11.6 Å². The minimum Gasteiger partial charge on any atom is -0.454 e. The first-order chi connectivity index (χ1) is 10.2. The lowest BCUT2D eigenvalue weighted by molar-refractivity contribution is -0.121. The molecule has 0 radical (unpaired) electrons. The predicted octanol–water partition coefficient (Wildman–Crippen LogP) is 3.01. The first-order valence-electron chi connectivity index (χ1n) is 6.59. The summed E-state index contributed by atoms with van der Waals surface area (Å²) in [6, 6.07) is 14.8. The minimum atomic E-state index is -0.694. The number of nitrogens with one attached hydrogen (secondary N) is 1. The van der Waals surface area contributed by atoms with Gasteiger partial charge in [0, 0.05) is 6.54 Å². The third kappa shape index (κ3) is 3.11. The molecule has 1 amide bonds. The standard InChI is InChI=1S/C16H14ClNO3/c17-15(12-4-2-1-3-5-12)16(19)18-9-11-6-7-13-14(8-11)21-10-20-13/h1-8,15H,9-10H2,(H,18,19)/t15-/m0/s1. The molecule has 4 nitrogen and oxygen atoms in total. The molecule has 1 heterocycles. The lowest BCUT2D eigenvalue weighted by atomic mass is 10.1. The molecule has 3 rings (SSSR count). The number of hydrogen-bond acceptors (Lipinski definition) is 3. The van der Waals surface area contributed by atoms with Crippen LogP contribution in [0.15, 0.2) is 48.5 Å². The summed E-state index contributed by atoms with van der Waals surface area (Å²) in [5, 5.41) is 2.13. The van der Waals surface area contributed by atoms with Crippen molar-refractivity contribution in [3.05, 3.63) is 59.7 Å². The highest BCUT2D eigenvalue weighted by Gasteiger charge is 2.18. The van der Waals surface area contributed by atoms with Crippen LogP contribution in [-0.2, 0) is 11.3 Å². The molecule has 1 atom stereocenters. The molecule has 21 heavy (non-hydrogen) atoms. The van der Waals surface area contributed by atoms with Crippen molar-refractivity contribution in [2.75, 3.05) is 6.79 Å². The van der Waals surface area contributed by atoms with Crippen LogP contribution in [0.1, 0.15) is 16.5 Å². The molecule has 0 spiro atoms. The number of halogens is 1. The SMILES string of the molecule is O=C(NCc1ccc2c(c1)OCO2)[C@@H](Cl)c1ccccc1. The van der Waals surface area contributed by atoms with E-state index in [2.05, 4.69) is 5.32 Å². The number of carbonyl (C=O) groups excluding carboxylic acids is 1. The fourth-order valence-corrected chi connectivity index (χ4v) is 2.33. The minimum absolute atomic E-state index is 0.222. The monoisotopic (exact) mass is 303 g/mol. The quantitative estimate of drug-likeness (QED) is 0.883. The fraction of sp³-hybridized carbons (Fsp3) is 0.188. The second kappa shape index (κ2) is 6.06. The average molecular weight is 304 g/mol. The molecule has 1 aliphatic rings. The number of carbonyl (C=O) groups is 1. The van der Waals surface area contributed by atoms with Crippen LogP contribution in [0.4, 0.5) is 0 Å². The zero-order chi connectivity index (χ0) is 14.7. The topological polar surface area (TPSA) is 47.6 Å². The Hall–Kier alpha value is -2.20. The number of hydrogen-bond donors (Lipinski definition) is 1. The highest BCUT2D eigenvalue weighted by molar-refractivity contribution is 6.30. The molecule has 0 unspecified atom stereocenters. The van der Waals surface area contributed by atoms with Crippen molar-refractivity contribution in [2.45, 2.75) is 11.9 Å². The van der Waals surface area contributed by atoms with E-state index in [0.29, 0.717) is 12.3 Å². The van der Waals surface area contributed by atoms with E-state index in [1.165, 1.54) is 0 Å². The Balaban J connectivity index is 1.61. The van der Waals surface area contributed by atoms with Gasteiger partial charge in [0.05, 0.1) is 0 Å². The summed E-state index contributed by atoms with van der Waals surface area (Å²) in [7, 11) is 0. The molecule has 2 aromatic rings. The van der Waals surface area contributed by atoms with Gasteiger partial charge < -0.3 is 14.8 Å². The zero-order valence-electron chi connectivity index (χ0n) is 11.2. The van der Waals surface area contributed by atoms with Gasteiger partial charge in [-0.05, 0) is 23.3 Å². The molecule has 0 fully saturated rings. The van der Waals surface area contributed by atoms with Crippen molar-refractivity contribution in [3.8, 4) is 11.5 Å². The summed E-state index contributed by atoms with van der Waals surface area (Å²) in [6.07, 6.45) is 0. The molecule has 0 bridgehead atoms. The maximum absolute atomic E-state index is 12.1. The van der Waals surface area contributed by atoms with E-state index in [-0.39, 0.29) is 12.7 Å². The number of rotatable bonds is 4. The molecular weight excluding hydrogens is 290 g/mol. The number of amides is 1. The van der Waals surface area contributed by atoms with Gasteiger partial charge >= 0.3 is 0 Å². The smallest absolute Gasteiger partial charge is 0.242 e. The second-order valence-corrected chi connectivity index (χ2v) is 5.12. The molecule has 0 aliphatic carbocycles. The van der Waals surface area contributed by atoms with Crippen molar-refractivity contribution in [3.63, 3.8) is 0 Å². The Morgan fingerprint density at radius 1 is 1.14 bits per heavy atom. The predicted molar refractivity (Wildman–Crippen MR) is 79.4 cm³/mol. The summed E-state index contributed by atoms with van der Waals surface area (Å²) in [5.74, 6) is 1.21. The van der Waals surface area contributed by atoms with Crippen LogP contribution in [0.3, 0.4) is 0 Å². The number of ether oxygens (including phenoxy) is 2. The summed E-state index contributed by atoms with van der Waals surface area (Å²) >= 11 is 6.16. The first kappa shape index (κ1) is 13.8. The van der Waals surface area contributed by atoms with E-state index in [1.807, 2.05) is 48.5 Å². The van der Waals surface area contributed by atoms with Crippen molar-refractivity contribution >= 4 is 17.5 Å². The Kier molecular flexibility index (Phi) is 3.97. The van der Waals surface area contributed by atoms with Crippen LogP contribution in [0.2, 0.25) is 0 Å². The van der Waals surface area contributed by atoms with Crippen molar-refractivity contribution in [1.82, 2.24) is 5.32 Å². The third-order valence-corrected chi connectivity index (χ3v) is 3.68. The molecule has 0 saturated carbocycles. The van der Waals surface area contributed by atoms with Gasteiger partial charge in [0.2, 0.25) is 12.7 Å². The van der Waals surface area contributed by atoms with Gasteiger partial charge in [-0.1, -0.05) is 36.4 Å². The fourth-order valence-electron chi connectivity index (χ4n) is 2.10. The van der Waals surface area contributed by atoms with Gasteiger partial charge in [-0.2, -0.15) is 0 Å². The van der Waals surface area contributed by atoms with E-state index in [9.17, 15) is 4.79 Å². The summed E-state index contributed by atoms with van der Waals surface area (Å²) in [4.78, 5) is 12.1. The number of fused-ring (bicyclic) bond motifs is 1. The Labute approximate surface area is 127 Å². The number of alkyl halides is 1. The van der Waals surface area contributed by atoms with Gasteiger partial charge in [-0.3, -0.25) is 4.79 Å². The van der Waals surface area contributed by atoms with Crippen LogP contribution in [0.5, 0.6) is 11.5 Å². The molecule has 1 aliphatic heterocycles. The van der Waals surface area contributed by atoms with Crippen LogP contribution < -0.4 is 14.8 Å². The molecule has 0 aromatic heterocycles. The molecular formula is C16H14ClNO3. The van der Waals surface area contributed by atoms with Crippen LogP contribution in [-0.4, -0.2) is 12.7 Å². The van der Waals surface area contributed by atoms with Gasteiger partial charge in [-0.25, -0.2) is 0 Å². The molecule has 0 saturated heterocycles. The highest BCUT2D eigenvalue weighted by Crippen LogP contribution is 2.32. The summed E-state index contributed by atoms with van der Waals surface area (Å²) in [6.45, 7) is 0.633. The van der Waals surface area contributed by atoms with E-state index < -0.39 is 5.38 Å². The van der Waals surface area contributed by atoms with Crippen molar-refractivity contribution < 1.29 is 14.3 Å². The molecule has 1 N–H and O–H groups in total. The first-order valence-corrected chi connectivity index (χ1v) is 7.03. The van der Waals surface area contributed by atoms with Gasteiger partial charge in [0.15, 0.2) is 11.5 Å². The Morgan fingerprint density at radius 2 is 1.90 bits per heavy atom. The maximum Gasteiger partial charge on any atom is 0.242 e. The van der Waals surface area contributed by atoms with Crippen molar-refractivity contribution in [2.24, 2.45) is 0 Å².